The predicted octanol–water partition coefficient (Wildman–Crippen LogP) is -1.32. The van der Waals surface area contributed by atoms with Crippen molar-refractivity contribution in [1.82, 2.24) is 0 Å². The monoisotopic (exact) mass is 172 g/mol. The molecule has 0 bridgehead atoms. The number of hydrogen-bond donors (Lipinski definition) is 0. The first-order valence-electron chi connectivity index (χ1n) is 3.94. The minimum absolute atomic E-state index is 0.000231. The quantitative estimate of drug-likeness (QED) is 0.465. The lowest BCUT2D eigenvalue weighted by Gasteiger charge is -2.11. The Morgan fingerprint density at radius 2 is 1.83 bits per heavy atom. The largest absolute Gasteiger partial charge is 0.550 e. The van der Waals surface area contributed by atoms with Crippen LogP contribution in [0, 0.1) is 5.92 Å². The van der Waals surface area contributed by atoms with Gasteiger partial charge in [0.25, 0.3) is 0 Å². The second-order valence-corrected chi connectivity index (χ2v) is 2.84. The Balaban J connectivity index is 3.31. The first kappa shape index (κ1) is 10.9. The van der Waals surface area contributed by atoms with Crippen LogP contribution in [0.2, 0.25) is 0 Å². The maximum absolute atomic E-state index is 10.2. The van der Waals surface area contributed by atoms with E-state index in [1.54, 1.807) is 6.92 Å². The average Bonchev–Trinajstić information content (AvgIpc) is 1.97. The van der Waals surface area contributed by atoms with Gasteiger partial charge >= 0.3 is 0 Å². The van der Waals surface area contributed by atoms with Crippen LogP contribution in [0.1, 0.15) is 32.6 Å². The van der Waals surface area contributed by atoms with Crippen LogP contribution in [0.4, 0.5) is 0 Å². The van der Waals surface area contributed by atoms with Crippen molar-refractivity contribution in [2.75, 3.05) is 0 Å². The van der Waals surface area contributed by atoms with E-state index in [9.17, 15) is 19.8 Å². The fourth-order valence-corrected chi connectivity index (χ4v) is 0.838. The SMILES string of the molecule is CC(CCCCC(=O)[O-])C(=O)[O-]. The van der Waals surface area contributed by atoms with Crippen molar-refractivity contribution in [2.24, 2.45) is 5.92 Å². The summed E-state index contributed by atoms with van der Waals surface area (Å²) in [7, 11) is 0. The van der Waals surface area contributed by atoms with Gasteiger partial charge < -0.3 is 19.8 Å². The van der Waals surface area contributed by atoms with Gasteiger partial charge in [-0.2, -0.15) is 0 Å². The summed E-state index contributed by atoms with van der Waals surface area (Å²) in [5.41, 5.74) is 0. The van der Waals surface area contributed by atoms with Gasteiger partial charge in [-0.05, 0) is 25.2 Å². The third-order valence-corrected chi connectivity index (χ3v) is 1.67. The number of unbranched alkanes of at least 4 members (excludes halogenated alkanes) is 1. The molecule has 0 fully saturated rings. The highest BCUT2D eigenvalue weighted by Gasteiger charge is 2.01. The van der Waals surface area contributed by atoms with E-state index in [-0.39, 0.29) is 6.42 Å². The van der Waals surface area contributed by atoms with Crippen molar-refractivity contribution in [3.8, 4) is 0 Å². The Morgan fingerprint density at radius 3 is 2.25 bits per heavy atom. The average molecular weight is 172 g/mol. The fraction of sp³-hybridized carbons (Fsp3) is 0.750. The molecular formula is C8H12O4-2. The Kier molecular flexibility index (Phi) is 5.08. The van der Waals surface area contributed by atoms with Gasteiger partial charge in [-0.15, -0.1) is 0 Å². The third kappa shape index (κ3) is 5.70. The molecule has 0 aliphatic rings. The van der Waals surface area contributed by atoms with Gasteiger partial charge in [0.05, 0.1) is 0 Å². The number of hydrogen-bond acceptors (Lipinski definition) is 4. The molecule has 0 aromatic heterocycles. The molecule has 0 rings (SSSR count). The van der Waals surface area contributed by atoms with E-state index in [2.05, 4.69) is 0 Å². The summed E-state index contributed by atoms with van der Waals surface area (Å²) < 4.78 is 0. The highest BCUT2D eigenvalue weighted by Crippen LogP contribution is 2.07. The van der Waals surface area contributed by atoms with Crippen molar-refractivity contribution in [2.45, 2.75) is 32.6 Å². The zero-order valence-electron chi connectivity index (χ0n) is 7.04. The van der Waals surface area contributed by atoms with E-state index in [0.717, 1.165) is 0 Å². The van der Waals surface area contributed by atoms with Gasteiger partial charge in [0.2, 0.25) is 0 Å². The minimum atomic E-state index is -1.09. The van der Waals surface area contributed by atoms with E-state index in [1.165, 1.54) is 0 Å². The molecule has 1 unspecified atom stereocenters. The van der Waals surface area contributed by atoms with Gasteiger partial charge in [-0.25, -0.2) is 0 Å². The second kappa shape index (κ2) is 5.57. The first-order valence-corrected chi connectivity index (χ1v) is 3.94. The van der Waals surface area contributed by atoms with Crippen LogP contribution in [0.5, 0.6) is 0 Å². The van der Waals surface area contributed by atoms with Crippen LogP contribution in [0.15, 0.2) is 0 Å². The Hall–Kier alpha value is -1.06. The normalized spacial score (nSPS) is 12.4. The molecule has 0 saturated carbocycles. The molecule has 0 aromatic rings. The lowest BCUT2D eigenvalue weighted by atomic mass is 10.0. The Labute approximate surface area is 71.2 Å². The molecule has 0 aliphatic carbocycles. The van der Waals surface area contributed by atoms with E-state index in [1.807, 2.05) is 0 Å². The van der Waals surface area contributed by atoms with E-state index >= 15 is 0 Å². The molecule has 0 aliphatic heterocycles. The van der Waals surface area contributed by atoms with Crippen LogP contribution in [0.25, 0.3) is 0 Å². The zero-order chi connectivity index (χ0) is 9.56. The molecule has 0 radical (unpaired) electrons. The second-order valence-electron chi connectivity index (χ2n) is 2.84. The predicted molar refractivity (Wildman–Crippen MR) is 37.6 cm³/mol. The van der Waals surface area contributed by atoms with Gasteiger partial charge in [0.1, 0.15) is 0 Å². The Bertz CT molecular complexity index is 164. The molecule has 1 atom stereocenters. The smallest absolute Gasteiger partial charge is 0.0442 e. The molecule has 0 spiro atoms. The summed E-state index contributed by atoms with van der Waals surface area (Å²) >= 11 is 0. The molecule has 0 aromatic carbocycles. The number of carbonyl (C=O) groups is 2. The maximum Gasteiger partial charge on any atom is 0.0442 e. The van der Waals surface area contributed by atoms with Crippen molar-refractivity contribution in [3.63, 3.8) is 0 Å². The van der Waals surface area contributed by atoms with Crippen LogP contribution >= 0.6 is 0 Å². The van der Waals surface area contributed by atoms with Gasteiger partial charge in [0, 0.05) is 11.9 Å². The topological polar surface area (TPSA) is 80.3 Å². The van der Waals surface area contributed by atoms with Crippen LogP contribution < -0.4 is 10.2 Å². The highest BCUT2D eigenvalue weighted by atomic mass is 16.4. The fourth-order valence-electron chi connectivity index (χ4n) is 0.838. The summed E-state index contributed by atoms with van der Waals surface area (Å²) in [5, 5.41) is 20.1. The molecule has 0 amide bonds. The van der Waals surface area contributed by atoms with Crippen LogP contribution in [-0.2, 0) is 9.59 Å². The lowest BCUT2D eigenvalue weighted by molar-refractivity contribution is -0.311. The zero-order valence-corrected chi connectivity index (χ0v) is 7.04. The standard InChI is InChI=1S/C8H14O4/c1-6(8(11)12)4-2-3-5-7(9)10/h6H,2-5H2,1H3,(H,9,10)(H,11,12)/p-2. The summed E-state index contributed by atoms with van der Waals surface area (Å²) in [6.45, 7) is 1.55. The summed E-state index contributed by atoms with van der Waals surface area (Å²) in [5.74, 6) is -2.66. The lowest BCUT2D eigenvalue weighted by Crippen LogP contribution is -2.29. The van der Waals surface area contributed by atoms with Crippen molar-refractivity contribution in [1.29, 1.82) is 0 Å². The summed E-state index contributed by atoms with van der Waals surface area (Å²) in [6, 6.07) is 0. The molecule has 0 saturated heterocycles. The number of carboxylic acids is 2. The van der Waals surface area contributed by atoms with Gasteiger partial charge in [-0.1, -0.05) is 13.3 Å². The van der Waals surface area contributed by atoms with E-state index < -0.39 is 17.9 Å². The molecule has 0 N–H and O–H groups in total. The number of aliphatic carboxylic acids is 2. The molecule has 70 valence electrons. The van der Waals surface area contributed by atoms with Crippen molar-refractivity contribution >= 4 is 11.9 Å². The Morgan fingerprint density at radius 1 is 1.25 bits per heavy atom. The minimum Gasteiger partial charge on any atom is -0.550 e. The molecule has 4 nitrogen and oxygen atoms in total. The highest BCUT2D eigenvalue weighted by molar-refractivity contribution is 5.67. The van der Waals surface area contributed by atoms with Gasteiger partial charge in [-0.3, -0.25) is 0 Å². The molecule has 0 heterocycles. The summed E-state index contributed by atoms with van der Waals surface area (Å²) in [4.78, 5) is 20.1. The first-order chi connectivity index (χ1) is 5.54. The van der Waals surface area contributed by atoms with Crippen molar-refractivity contribution < 1.29 is 19.8 Å². The van der Waals surface area contributed by atoms with Gasteiger partial charge in [0.15, 0.2) is 0 Å². The number of carbonyl (C=O) groups excluding carboxylic acids is 2. The number of rotatable bonds is 6. The molecule has 12 heavy (non-hydrogen) atoms. The van der Waals surface area contributed by atoms with E-state index in [4.69, 9.17) is 0 Å². The molecular weight excluding hydrogens is 160 g/mol. The molecule has 4 heteroatoms. The van der Waals surface area contributed by atoms with Crippen LogP contribution in [-0.4, -0.2) is 11.9 Å². The van der Waals surface area contributed by atoms with Crippen LogP contribution in [0.3, 0.4) is 0 Å². The number of carboxylic acid groups (broad SMARTS) is 2. The van der Waals surface area contributed by atoms with Crippen molar-refractivity contribution in [3.05, 3.63) is 0 Å². The summed E-state index contributed by atoms with van der Waals surface area (Å²) in [6.07, 6.45) is 1.53. The van der Waals surface area contributed by atoms with E-state index in [0.29, 0.717) is 19.3 Å². The maximum atomic E-state index is 10.2. The third-order valence-electron chi connectivity index (χ3n) is 1.67.